The lowest BCUT2D eigenvalue weighted by Gasteiger charge is -2.31. The molecule has 0 saturated heterocycles. The normalized spacial score (nSPS) is 12.1. The number of hydrogen-bond donors (Lipinski definition) is 1. The molecule has 0 bridgehead atoms. The Labute approximate surface area is 214 Å². The molecular weight excluding hydrogens is 525 g/mol. The highest BCUT2D eigenvalue weighted by Crippen LogP contribution is 2.33. The summed E-state index contributed by atoms with van der Waals surface area (Å²) in [6.45, 7) is 3.10. The first-order valence-electron chi connectivity index (χ1n) is 10.2. The van der Waals surface area contributed by atoms with E-state index >= 15 is 0 Å². The van der Waals surface area contributed by atoms with Gasteiger partial charge in [0.05, 0.1) is 29.1 Å². The zero-order valence-corrected chi connectivity index (χ0v) is 22.2. The predicted molar refractivity (Wildman–Crippen MR) is 135 cm³/mol. The lowest BCUT2D eigenvalue weighted by molar-refractivity contribution is -0.139. The Bertz CT molecular complexity index is 1160. The summed E-state index contributed by atoms with van der Waals surface area (Å²) < 4.78 is 31.5. The number of halogens is 3. The van der Waals surface area contributed by atoms with Gasteiger partial charge in [-0.1, -0.05) is 40.9 Å². The van der Waals surface area contributed by atoms with Crippen LogP contribution in [0, 0.1) is 0 Å². The zero-order chi connectivity index (χ0) is 25.6. The third-order valence-corrected chi connectivity index (χ3v) is 7.04. The van der Waals surface area contributed by atoms with Crippen LogP contribution in [0.25, 0.3) is 0 Å². The Morgan fingerprint density at radius 1 is 1.09 bits per heavy atom. The highest BCUT2D eigenvalue weighted by atomic mass is 35.5. The van der Waals surface area contributed by atoms with Gasteiger partial charge in [0.25, 0.3) is 0 Å². The van der Waals surface area contributed by atoms with Crippen LogP contribution in [0.4, 0.5) is 5.69 Å². The molecule has 34 heavy (non-hydrogen) atoms. The minimum atomic E-state index is -3.93. The van der Waals surface area contributed by atoms with E-state index in [0.717, 1.165) is 10.6 Å². The van der Waals surface area contributed by atoms with Gasteiger partial charge in [-0.25, -0.2) is 8.42 Å². The van der Waals surface area contributed by atoms with Crippen LogP contribution < -0.4 is 14.4 Å². The molecule has 186 valence electrons. The van der Waals surface area contributed by atoms with Crippen LogP contribution in [0.2, 0.25) is 15.1 Å². The molecule has 2 aromatic carbocycles. The van der Waals surface area contributed by atoms with Gasteiger partial charge in [-0.05, 0) is 49.7 Å². The average molecular weight is 551 g/mol. The minimum absolute atomic E-state index is 0.00168. The summed E-state index contributed by atoms with van der Waals surface area (Å²) >= 11 is 18.2. The first-order valence-corrected chi connectivity index (χ1v) is 13.2. The van der Waals surface area contributed by atoms with E-state index < -0.39 is 28.5 Å². The SMILES string of the molecule is CCNC(=O)[C@@H](C)N(Cc1ccc(Cl)c(Cl)c1)C(=O)CN(c1cc(Cl)ccc1OC)S(C)(=O)=O. The molecule has 0 spiro atoms. The Morgan fingerprint density at radius 3 is 2.32 bits per heavy atom. The van der Waals surface area contributed by atoms with E-state index in [1.54, 1.807) is 38.1 Å². The second-order valence-electron chi connectivity index (χ2n) is 7.43. The maximum atomic E-state index is 13.5. The van der Waals surface area contributed by atoms with E-state index in [9.17, 15) is 18.0 Å². The second-order valence-corrected chi connectivity index (χ2v) is 10.6. The van der Waals surface area contributed by atoms with Crippen molar-refractivity contribution in [3.63, 3.8) is 0 Å². The maximum absolute atomic E-state index is 13.5. The van der Waals surface area contributed by atoms with Crippen molar-refractivity contribution in [1.82, 2.24) is 10.2 Å². The largest absolute Gasteiger partial charge is 0.495 e. The molecule has 8 nitrogen and oxygen atoms in total. The number of sulfonamides is 1. The van der Waals surface area contributed by atoms with Gasteiger partial charge in [0.1, 0.15) is 18.3 Å². The standard InChI is InChI=1S/C22H26Cl3N3O5S/c1-5-26-22(30)14(2)27(12-15-6-8-17(24)18(25)10-15)21(29)13-28(34(4,31)32)19-11-16(23)7-9-20(19)33-3/h6-11,14H,5,12-13H2,1-4H3,(H,26,30)/t14-/m1/s1. The molecule has 0 aromatic heterocycles. The number of nitrogens with one attached hydrogen (secondary N) is 1. The average Bonchev–Trinajstić information content (AvgIpc) is 2.76. The molecule has 0 heterocycles. The first kappa shape index (κ1) is 28.0. The molecule has 12 heteroatoms. The van der Waals surface area contributed by atoms with Crippen LogP contribution in [0.15, 0.2) is 36.4 Å². The number of likely N-dealkylation sites (N-methyl/N-ethyl adjacent to an activating group) is 1. The van der Waals surface area contributed by atoms with E-state index in [2.05, 4.69) is 5.32 Å². The molecule has 2 aromatic rings. The summed E-state index contributed by atoms with van der Waals surface area (Å²) in [6.07, 6.45) is 0.969. The van der Waals surface area contributed by atoms with E-state index in [1.807, 2.05) is 0 Å². The van der Waals surface area contributed by atoms with Crippen molar-refractivity contribution in [3.8, 4) is 5.75 Å². The van der Waals surface area contributed by atoms with Gasteiger partial charge in [-0.15, -0.1) is 0 Å². The molecule has 0 fully saturated rings. The fourth-order valence-corrected chi connectivity index (χ4v) is 4.52. The predicted octanol–water partition coefficient (Wildman–Crippen LogP) is 3.97. The molecule has 0 aliphatic rings. The Morgan fingerprint density at radius 2 is 1.76 bits per heavy atom. The number of hydrogen-bond acceptors (Lipinski definition) is 5. The number of carbonyl (C=O) groups excluding carboxylic acids is 2. The number of ether oxygens (including phenoxy) is 1. The van der Waals surface area contributed by atoms with Crippen molar-refractivity contribution < 1.29 is 22.7 Å². The van der Waals surface area contributed by atoms with Gasteiger partial charge in [0.2, 0.25) is 21.8 Å². The van der Waals surface area contributed by atoms with Crippen molar-refractivity contribution in [2.75, 3.05) is 30.8 Å². The van der Waals surface area contributed by atoms with Gasteiger partial charge in [0.15, 0.2) is 0 Å². The number of benzene rings is 2. The van der Waals surface area contributed by atoms with Gasteiger partial charge in [-0.2, -0.15) is 0 Å². The summed E-state index contributed by atoms with van der Waals surface area (Å²) in [5.41, 5.74) is 0.719. The molecule has 0 aliphatic heterocycles. The van der Waals surface area contributed by atoms with Crippen molar-refractivity contribution in [2.24, 2.45) is 0 Å². The van der Waals surface area contributed by atoms with Crippen molar-refractivity contribution in [1.29, 1.82) is 0 Å². The quantitative estimate of drug-likeness (QED) is 0.483. The van der Waals surface area contributed by atoms with E-state index in [4.69, 9.17) is 39.5 Å². The van der Waals surface area contributed by atoms with Crippen molar-refractivity contribution >= 4 is 62.3 Å². The number of carbonyl (C=O) groups is 2. The van der Waals surface area contributed by atoms with Gasteiger partial charge in [0, 0.05) is 18.1 Å². The van der Waals surface area contributed by atoms with E-state index in [1.165, 1.54) is 24.1 Å². The first-order chi connectivity index (χ1) is 15.9. The number of amides is 2. The molecule has 1 atom stereocenters. The number of nitrogens with zero attached hydrogens (tertiary/aromatic N) is 2. The number of rotatable bonds is 10. The molecular formula is C22H26Cl3N3O5S. The van der Waals surface area contributed by atoms with Crippen LogP contribution in [-0.2, 0) is 26.2 Å². The zero-order valence-electron chi connectivity index (χ0n) is 19.1. The molecule has 0 radical (unpaired) electrons. The fourth-order valence-electron chi connectivity index (χ4n) is 3.19. The monoisotopic (exact) mass is 549 g/mol. The molecule has 2 rings (SSSR count). The molecule has 0 unspecified atom stereocenters. The second kappa shape index (κ2) is 12.0. The Kier molecular flexibility index (Phi) is 9.87. The molecule has 0 saturated carbocycles. The highest BCUT2D eigenvalue weighted by Gasteiger charge is 2.31. The summed E-state index contributed by atoms with van der Waals surface area (Å²) in [5, 5.41) is 3.58. The van der Waals surface area contributed by atoms with Crippen LogP contribution in [0.3, 0.4) is 0 Å². The van der Waals surface area contributed by atoms with Crippen LogP contribution in [-0.4, -0.2) is 57.6 Å². The summed E-state index contributed by atoms with van der Waals surface area (Å²) in [6, 6.07) is 8.38. The molecule has 0 aliphatic carbocycles. The van der Waals surface area contributed by atoms with Crippen molar-refractivity contribution in [3.05, 3.63) is 57.0 Å². The highest BCUT2D eigenvalue weighted by molar-refractivity contribution is 7.92. The summed E-state index contributed by atoms with van der Waals surface area (Å²) in [7, 11) is -2.55. The minimum Gasteiger partial charge on any atom is -0.495 e. The van der Waals surface area contributed by atoms with Gasteiger partial charge >= 0.3 is 0 Å². The third kappa shape index (κ3) is 7.15. The molecule has 1 N–H and O–H groups in total. The fraction of sp³-hybridized carbons (Fsp3) is 0.364. The van der Waals surface area contributed by atoms with Crippen LogP contribution in [0.5, 0.6) is 5.75 Å². The maximum Gasteiger partial charge on any atom is 0.244 e. The van der Waals surface area contributed by atoms with Crippen molar-refractivity contribution in [2.45, 2.75) is 26.4 Å². The van der Waals surface area contributed by atoms with Gasteiger partial charge < -0.3 is 15.0 Å². The van der Waals surface area contributed by atoms with E-state index in [0.29, 0.717) is 22.2 Å². The van der Waals surface area contributed by atoms with Gasteiger partial charge in [-0.3, -0.25) is 13.9 Å². The molecule has 2 amide bonds. The number of methoxy groups -OCH3 is 1. The van der Waals surface area contributed by atoms with E-state index in [-0.39, 0.29) is 28.9 Å². The topological polar surface area (TPSA) is 96.0 Å². The van der Waals surface area contributed by atoms with Crippen LogP contribution >= 0.6 is 34.8 Å². The summed E-state index contributed by atoms with van der Waals surface area (Å²) in [4.78, 5) is 27.3. The lowest BCUT2D eigenvalue weighted by atomic mass is 10.1. The Balaban J connectivity index is 2.47. The summed E-state index contributed by atoms with van der Waals surface area (Å²) in [5.74, 6) is -0.783. The lowest BCUT2D eigenvalue weighted by Crippen LogP contribution is -2.51. The Hall–Kier alpha value is -2.20. The smallest absolute Gasteiger partial charge is 0.244 e. The third-order valence-electron chi connectivity index (χ3n) is 4.94. The van der Waals surface area contributed by atoms with Crippen LogP contribution in [0.1, 0.15) is 19.4 Å². The number of anilines is 1.